The molecule has 0 aliphatic rings. The van der Waals surface area contributed by atoms with E-state index in [4.69, 9.17) is 9.97 Å². The van der Waals surface area contributed by atoms with Crippen LogP contribution in [0.2, 0.25) is 0 Å². The van der Waals surface area contributed by atoms with Gasteiger partial charge in [0.25, 0.3) is 0 Å². The Labute approximate surface area is 306 Å². The van der Waals surface area contributed by atoms with Crippen LogP contribution >= 0.6 is 22.7 Å². The molecule has 0 unspecified atom stereocenters. The van der Waals surface area contributed by atoms with Gasteiger partial charge in [0.1, 0.15) is 11.0 Å². The van der Waals surface area contributed by atoms with Gasteiger partial charge in [0.15, 0.2) is 11.3 Å². The van der Waals surface area contributed by atoms with Crippen molar-refractivity contribution in [3.05, 3.63) is 142 Å². The van der Waals surface area contributed by atoms with Crippen LogP contribution in [-0.4, -0.2) is 49.9 Å². The SMILES string of the molecule is Cc1ccc(-c2ccc3nnn(Cc4ccc5ncccc5c4)c3n2)s1.Cc1csc(-c2ccc3nnn(Cc4ccc5ncccc5c4)c3n2)c1. The van der Waals surface area contributed by atoms with E-state index < -0.39 is 0 Å². The maximum absolute atomic E-state index is 4.81. The number of hydrogen-bond donors (Lipinski definition) is 0. The van der Waals surface area contributed by atoms with Crippen molar-refractivity contribution in [2.24, 2.45) is 0 Å². The topological polar surface area (TPSA) is 113 Å². The second kappa shape index (κ2) is 13.5. The van der Waals surface area contributed by atoms with E-state index >= 15 is 0 Å². The summed E-state index contributed by atoms with van der Waals surface area (Å²) in [6.07, 6.45) is 3.62. The molecule has 0 spiro atoms. The van der Waals surface area contributed by atoms with E-state index in [0.29, 0.717) is 13.1 Å². The summed E-state index contributed by atoms with van der Waals surface area (Å²) in [5.41, 5.74) is 10.7. The fraction of sp³-hybridized carbons (Fsp3) is 0.100. The Hall–Kier alpha value is -6.24. The van der Waals surface area contributed by atoms with Crippen molar-refractivity contribution >= 4 is 66.8 Å². The lowest BCUT2D eigenvalue weighted by Gasteiger charge is -2.05. The summed E-state index contributed by atoms with van der Waals surface area (Å²) >= 11 is 3.45. The third kappa shape index (κ3) is 6.41. The van der Waals surface area contributed by atoms with Crippen molar-refractivity contribution in [1.29, 1.82) is 0 Å². The zero-order valence-corrected chi connectivity index (χ0v) is 29.9. The van der Waals surface area contributed by atoms with Gasteiger partial charge < -0.3 is 0 Å². The summed E-state index contributed by atoms with van der Waals surface area (Å²) in [6, 6.07) is 34.9. The number of aromatic nitrogens is 10. The molecule has 2 aromatic carbocycles. The Morgan fingerprint density at radius 2 is 1.12 bits per heavy atom. The normalized spacial score (nSPS) is 11.4. The molecule has 252 valence electrons. The number of nitrogens with zero attached hydrogens (tertiary/aromatic N) is 10. The molecule has 0 saturated heterocycles. The maximum Gasteiger partial charge on any atom is 0.179 e. The lowest BCUT2D eigenvalue weighted by Crippen LogP contribution is -2.03. The molecule has 0 saturated carbocycles. The van der Waals surface area contributed by atoms with Crippen LogP contribution in [0.1, 0.15) is 21.6 Å². The summed E-state index contributed by atoms with van der Waals surface area (Å²) < 4.78 is 3.72. The van der Waals surface area contributed by atoms with E-state index in [1.807, 2.05) is 70.3 Å². The quantitative estimate of drug-likeness (QED) is 0.168. The van der Waals surface area contributed by atoms with Crippen molar-refractivity contribution in [3.8, 4) is 21.1 Å². The van der Waals surface area contributed by atoms with E-state index in [9.17, 15) is 0 Å². The summed E-state index contributed by atoms with van der Waals surface area (Å²) in [5, 5.41) is 21.5. The van der Waals surface area contributed by atoms with E-state index in [-0.39, 0.29) is 0 Å². The third-order valence-corrected chi connectivity index (χ3v) is 10.8. The Kier molecular flexibility index (Phi) is 8.22. The van der Waals surface area contributed by atoms with Gasteiger partial charge in [-0.15, -0.1) is 32.9 Å². The van der Waals surface area contributed by atoms with Crippen LogP contribution in [0.4, 0.5) is 0 Å². The highest BCUT2D eigenvalue weighted by molar-refractivity contribution is 7.15. The maximum atomic E-state index is 4.81. The number of hydrogen-bond acceptors (Lipinski definition) is 10. The highest BCUT2D eigenvalue weighted by Gasteiger charge is 2.12. The molecule has 0 aliphatic heterocycles. The summed E-state index contributed by atoms with van der Waals surface area (Å²) in [5.74, 6) is 0. The second-order valence-corrected chi connectivity index (χ2v) is 14.7. The first-order chi connectivity index (χ1) is 25.5. The number of aryl methyl sites for hydroxylation is 2. The molecule has 0 aliphatic carbocycles. The number of thiophene rings is 2. The van der Waals surface area contributed by atoms with Crippen molar-refractivity contribution < 1.29 is 0 Å². The minimum atomic E-state index is 0.626. The van der Waals surface area contributed by atoms with Gasteiger partial charge in [0, 0.05) is 28.0 Å². The molecule has 52 heavy (non-hydrogen) atoms. The summed E-state index contributed by atoms with van der Waals surface area (Å²) in [7, 11) is 0. The number of benzene rings is 2. The van der Waals surface area contributed by atoms with Gasteiger partial charge in [-0.25, -0.2) is 19.3 Å². The molecule has 0 N–H and O–H groups in total. The molecular weight excluding hydrogens is 685 g/mol. The van der Waals surface area contributed by atoms with Crippen LogP contribution in [0, 0.1) is 13.8 Å². The third-order valence-electron chi connectivity index (χ3n) is 8.69. The van der Waals surface area contributed by atoms with Crippen LogP contribution in [0.5, 0.6) is 0 Å². The largest absolute Gasteiger partial charge is 0.256 e. The average molecular weight is 715 g/mol. The van der Waals surface area contributed by atoms with E-state index in [1.165, 1.54) is 10.4 Å². The lowest BCUT2D eigenvalue weighted by atomic mass is 10.1. The Morgan fingerprint density at radius 1 is 0.558 bits per heavy atom. The van der Waals surface area contributed by atoms with Crippen LogP contribution in [0.15, 0.2) is 121 Å². The molecule has 8 aromatic heterocycles. The molecule has 10 rings (SSSR count). The number of rotatable bonds is 6. The molecule has 0 bridgehead atoms. The molecule has 0 radical (unpaired) electrons. The van der Waals surface area contributed by atoms with Crippen LogP contribution in [0.3, 0.4) is 0 Å². The van der Waals surface area contributed by atoms with Crippen molar-refractivity contribution in [2.45, 2.75) is 26.9 Å². The predicted molar refractivity (Wildman–Crippen MR) is 208 cm³/mol. The highest BCUT2D eigenvalue weighted by Crippen LogP contribution is 2.29. The van der Waals surface area contributed by atoms with Gasteiger partial charge in [-0.2, -0.15) is 0 Å². The Morgan fingerprint density at radius 3 is 1.63 bits per heavy atom. The number of pyridine rings is 4. The second-order valence-electron chi connectivity index (χ2n) is 12.5. The number of fused-ring (bicyclic) bond motifs is 4. The van der Waals surface area contributed by atoms with Crippen molar-refractivity contribution in [2.75, 3.05) is 0 Å². The van der Waals surface area contributed by atoms with Gasteiger partial charge in [0.2, 0.25) is 0 Å². The van der Waals surface area contributed by atoms with Gasteiger partial charge in [-0.3, -0.25) is 9.97 Å². The standard InChI is InChI=1S/2C20H15N5S/c1-13-4-9-19(26-13)17-7-8-18-20(22-17)25(24-23-18)12-14-5-6-16-15(11-14)3-2-10-21-16;1-13-9-19(26-12-13)17-6-7-18-20(22-17)25(24-23-18)11-14-4-5-16-15(10-14)3-2-8-21-16/h2-11H,12H2,1H3;2-10,12H,11H2,1H3. The Balaban J connectivity index is 0.000000138. The molecule has 12 heteroatoms. The smallest absolute Gasteiger partial charge is 0.179 e. The van der Waals surface area contributed by atoms with Gasteiger partial charge in [0.05, 0.1) is 45.3 Å². The predicted octanol–water partition coefficient (Wildman–Crippen LogP) is 8.92. The fourth-order valence-corrected chi connectivity index (χ4v) is 7.83. The fourth-order valence-electron chi connectivity index (χ4n) is 6.13. The molecule has 10 aromatic rings. The zero-order chi connectivity index (χ0) is 35.0. The monoisotopic (exact) mass is 714 g/mol. The first-order valence-corrected chi connectivity index (χ1v) is 18.4. The first kappa shape index (κ1) is 31.7. The van der Waals surface area contributed by atoms with Crippen molar-refractivity contribution in [1.82, 2.24) is 49.9 Å². The molecule has 0 fully saturated rings. The van der Waals surface area contributed by atoms with Gasteiger partial charge >= 0.3 is 0 Å². The minimum Gasteiger partial charge on any atom is -0.256 e. The molecule has 8 heterocycles. The van der Waals surface area contributed by atoms with Gasteiger partial charge in [-0.05, 0) is 115 Å². The van der Waals surface area contributed by atoms with Crippen LogP contribution in [0.25, 0.3) is 65.3 Å². The van der Waals surface area contributed by atoms with Crippen molar-refractivity contribution in [3.63, 3.8) is 0 Å². The molecule has 0 amide bonds. The summed E-state index contributed by atoms with van der Waals surface area (Å²) in [6.45, 7) is 5.45. The van der Waals surface area contributed by atoms with Crippen LogP contribution < -0.4 is 0 Å². The van der Waals surface area contributed by atoms with E-state index in [2.05, 4.69) is 104 Å². The van der Waals surface area contributed by atoms with Crippen LogP contribution in [-0.2, 0) is 13.1 Å². The zero-order valence-electron chi connectivity index (χ0n) is 28.2. The lowest BCUT2D eigenvalue weighted by molar-refractivity contribution is 0.665. The molecule has 10 nitrogen and oxygen atoms in total. The molecular formula is C40H30N10S2. The first-order valence-electron chi connectivity index (χ1n) is 16.7. The van der Waals surface area contributed by atoms with E-state index in [1.54, 1.807) is 22.7 Å². The highest BCUT2D eigenvalue weighted by atomic mass is 32.1. The van der Waals surface area contributed by atoms with E-state index in [0.717, 1.165) is 76.4 Å². The average Bonchev–Trinajstić information content (AvgIpc) is 3.99. The Bertz CT molecular complexity index is 2670. The minimum absolute atomic E-state index is 0.626. The summed E-state index contributed by atoms with van der Waals surface area (Å²) in [4.78, 5) is 22.0. The molecule has 0 atom stereocenters. The van der Waals surface area contributed by atoms with Gasteiger partial charge in [-0.1, -0.05) is 34.7 Å².